The molecule has 0 spiro atoms. The molecule has 8 heteroatoms. The van der Waals surface area contributed by atoms with Crippen LogP contribution in [0, 0.1) is 0 Å². The van der Waals surface area contributed by atoms with Crippen LogP contribution in [0.2, 0.25) is 10.0 Å². The first-order valence-corrected chi connectivity index (χ1v) is 11.3. The topological polar surface area (TPSA) is 80.6 Å². The molecule has 2 aromatic carbocycles. The predicted octanol–water partition coefficient (Wildman–Crippen LogP) is 5.32. The largest absolute Gasteiger partial charge is 0.457 e. The summed E-state index contributed by atoms with van der Waals surface area (Å²) in [6.45, 7) is 1.05. The molecule has 33 heavy (non-hydrogen) atoms. The van der Waals surface area contributed by atoms with E-state index < -0.39 is 11.8 Å². The lowest BCUT2D eigenvalue weighted by Gasteiger charge is -2.13. The Morgan fingerprint density at radius 2 is 1.88 bits per heavy atom. The van der Waals surface area contributed by atoms with Gasteiger partial charge in [0.05, 0.1) is 11.1 Å². The molecule has 0 aliphatic carbocycles. The van der Waals surface area contributed by atoms with E-state index in [1.807, 2.05) is 6.07 Å². The van der Waals surface area contributed by atoms with E-state index in [4.69, 9.17) is 32.4 Å². The molecule has 1 atom stereocenters. The molecule has 1 fully saturated rings. The maximum absolute atomic E-state index is 12.9. The molecular weight excluding hydrogens is 463 g/mol. The molecule has 2 heterocycles. The molecule has 2 amide bonds. The second kappa shape index (κ2) is 10.7. The number of amides is 2. The van der Waals surface area contributed by atoms with Crippen molar-refractivity contribution in [1.29, 1.82) is 0 Å². The van der Waals surface area contributed by atoms with Crippen molar-refractivity contribution in [2.24, 2.45) is 0 Å². The molecule has 1 aliphatic heterocycles. The molecule has 170 valence electrons. The quantitative estimate of drug-likeness (QED) is 0.444. The van der Waals surface area contributed by atoms with Gasteiger partial charge in [-0.15, -0.1) is 0 Å². The summed E-state index contributed by atoms with van der Waals surface area (Å²) in [7, 11) is 0. The number of rotatable bonds is 7. The van der Waals surface area contributed by atoms with Crippen LogP contribution in [0.1, 0.15) is 29.0 Å². The first-order chi connectivity index (χ1) is 16.0. The Hall–Kier alpha value is -3.06. The molecule has 4 rings (SSSR count). The van der Waals surface area contributed by atoms with Gasteiger partial charge in [-0.2, -0.15) is 0 Å². The van der Waals surface area contributed by atoms with Crippen molar-refractivity contribution in [3.63, 3.8) is 0 Å². The summed E-state index contributed by atoms with van der Waals surface area (Å²) in [4.78, 5) is 25.6. The summed E-state index contributed by atoms with van der Waals surface area (Å²) in [5, 5.41) is 6.48. The van der Waals surface area contributed by atoms with E-state index in [1.165, 1.54) is 6.08 Å². The molecule has 1 aromatic heterocycles. The average Bonchev–Trinajstić information content (AvgIpc) is 3.50. The van der Waals surface area contributed by atoms with E-state index in [0.717, 1.165) is 12.8 Å². The van der Waals surface area contributed by atoms with Crippen molar-refractivity contribution in [2.75, 3.05) is 13.2 Å². The Bertz CT molecular complexity index is 1170. The molecule has 2 N–H and O–H groups in total. The summed E-state index contributed by atoms with van der Waals surface area (Å²) in [6.07, 6.45) is 3.32. The number of hydrogen-bond acceptors (Lipinski definition) is 4. The summed E-state index contributed by atoms with van der Waals surface area (Å²) < 4.78 is 11.4. The van der Waals surface area contributed by atoms with Crippen molar-refractivity contribution in [3.05, 3.63) is 87.7 Å². The molecule has 0 radical (unpaired) electrons. The van der Waals surface area contributed by atoms with E-state index in [0.29, 0.717) is 45.8 Å². The highest BCUT2D eigenvalue weighted by Gasteiger charge is 2.20. The molecule has 0 unspecified atom stereocenters. The highest BCUT2D eigenvalue weighted by Crippen LogP contribution is 2.32. The minimum Gasteiger partial charge on any atom is -0.457 e. The van der Waals surface area contributed by atoms with E-state index in [2.05, 4.69) is 10.6 Å². The standard InChI is InChI=1S/C25H22Cl2N2O4/c26-17-8-10-20(21(27)13-17)23-11-9-18(33-23)14-22(25(31)28-15-19-7-4-12-32-19)29-24(30)16-5-2-1-3-6-16/h1-3,5-6,8-11,13-14,19H,4,7,12,15H2,(H,28,31)(H,29,30)/b22-14+/t19-/m1/s1. The van der Waals surface area contributed by atoms with E-state index in [9.17, 15) is 9.59 Å². The Morgan fingerprint density at radius 1 is 1.06 bits per heavy atom. The number of nitrogens with one attached hydrogen (secondary N) is 2. The molecule has 1 aliphatic rings. The van der Waals surface area contributed by atoms with E-state index >= 15 is 0 Å². The predicted molar refractivity (Wildman–Crippen MR) is 128 cm³/mol. The van der Waals surface area contributed by atoms with Gasteiger partial charge in [0.15, 0.2) is 0 Å². The fourth-order valence-electron chi connectivity index (χ4n) is 3.46. The van der Waals surface area contributed by atoms with Gasteiger partial charge < -0.3 is 19.8 Å². The lowest BCUT2D eigenvalue weighted by atomic mass is 10.2. The minimum atomic E-state index is -0.433. The molecule has 1 saturated heterocycles. The Labute approximate surface area is 201 Å². The van der Waals surface area contributed by atoms with Crippen LogP contribution in [0.25, 0.3) is 17.4 Å². The second-order valence-corrected chi connectivity index (χ2v) is 8.39. The van der Waals surface area contributed by atoms with Crippen LogP contribution in [0.3, 0.4) is 0 Å². The summed E-state index contributed by atoms with van der Waals surface area (Å²) >= 11 is 12.2. The van der Waals surface area contributed by atoms with Gasteiger partial charge in [-0.25, -0.2) is 0 Å². The lowest BCUT2D eigenvalue weighted by molar-refractivity contribution is -0.118. The van der Waals surface area contributed by atoms with Gasteiger partial charge in [0.25, 0.3) is 11.8 Å². The van der Waals surface area contributed by atoms with Crippen molar-refractivity contribution < 1.29 is 18.7 Å². The fourth-order valence-corrected chi connectivity index (χ4v) is 3.96. The lowest BCUT2D eigenvalue weighted by Crippen LogP contribution is -2.38. The van der Waals surface area contributed by atoms with Gasteiger partial charge in [0, 0.05) is 35.4 Å². The van der Waals surface area contributed by atoms with Gasteiger partial charge in [-0.3, -0.25) is 9.59 Å². The van der Waals surface area contributed by atoms with Gasteiger partial charge in [0.2, 0.25) is 0 Å². The maximum atomic E-state index is 12.9. The normalized spacial score (nSPS) is 15.9. The second-order valence-electron chi connectivity index (χ2n) is 7.55. The molecular formula is C25H22Cl2N2O4. The molecule has 0 bridgehead atoms. The van der Waals surface area contributed by atoms with Crippen LogP contribution in [0.15, 0.2) is 70.8 Å². The first kappa shape index (κ1) is 23.1. The number of hydrogen-bond donors (Lipinski definition) is 2. The third-order valence-corrected chi connectivity index (χ3v) is 5.70. The SMILES string of the molecule is O=C(NC[C@H]1CCCO1)/C(=C\c1ccc(-c2ccc(Cl)cc2Cl)o1)NC(=O)c1ccccc1. The van der Waals surface area contributed by atoms with E-state index in [-0.39, 0.29) is 11.8 Å². The Balaban J connectivity index is 1.57. The Morgan fingerprint density at radius 3 is 2.61 bits per heavy atom. The fraction of sp³-hybridized carbons (Fsp3) is 0.200. The smallest absolute Gasteiger partial charge is 0.268 e. The zero-order valence-electron chi connectivity index (χ0n) is 17.6. The molecule has 0 saturated carbocycles. The van der Waals surface area contributed by atoms with Crippen LogP contribution in [-0.4, -0.2) is 31.1 Å². The van der Waals surface area contributed by atoms with Gasteiger partial charge in [0.1, 0.15) is 17.2 Å². The monoisotopic (exact) mass is 484 g/mol. The number of ether oxygens (including phenoxy) is 1. The van der Waals surface area contributed by atoms with E-state index in [1.54, 1.807) is 54.6 Å². The van der Waals surface area contributed by atoms with Crippen molar-refractivity contribution >= 4 is 41.1 Å². The van der Waals surface area contributed by atoms with Crippen molar-refractivity contribution in [2.45, 2.75) is 18.9 Å². The summed E-state index contributed by atoms with van der Waals surface area (Å²) in [5.74, 6) is 0.0574. The van der Waals surface area contributed by atoms with Crippen molar-refractivity contribution in [3.8, 4) is 11.3 Å². The summed E-state index contributed by atoms with van der Waals surface area (Å²) in [6, 6.07) is 17.2. The van der Waals surface area contributed by atoms with Crippen LogP contribution >= 0.6 is 23.2 Å². The zero-order chi connectivity index (χ0) is 23.2. The Kier molecular flexibility index (Phi) is 7.50. The molecule has 3 aromatic rings. The van der Waals surface area contributed by atoms with Gasteiger partial charge in [-0.05, 0) is 55.3 Å². The number of furan rings is 1. The van der Waals surface area contributed by atoms with Crippen LogP contribution in [0.5, 0.6) is 0 Å². The maximum Gasteiger partial charge on any atom is 0.268 e. The van der Waals surface area contributed by atoms with Crippen LogP contribution < -0.4 is 10.6 Å². The third kappa shape index (κ3) is 6.05. The highest BCUT2D eigenvalue weighted by molar-refractivity contribution is 6.36. The van der Waals surface area contributed by atoms with Crippen molar-refractivity contribution in [1.82, 2.24) is 10.6 Å². The van der Waals surface area contributed by atoms with Crippen LogP contribution in [-0.2, 0) is 9.53 Å². The minimum absolute atomic E-state index is 0.0257. The first-order valence-electron chi connectivity index (χ1n) is 10.5. The highest BCUT2D eigenvalue weighted by atomic mass is 35.5. The van der Waals surface area contributed by atoms with Gasteiger partial charge >= 0.3 is 0 Å². The number of halogens is 2. The number of benzene rings is 2. The van der Waals surface area contributed by atoms with Gasteiger partial charge in [-0.1, -0.05) is 41.4 Å². The molecule has 6 nitrogen and oxygen atoms in total. The van der Waals surface area contributed by atoms with Crippen LogP contribution in [0.4, 0.5) is 0 Å². The third-order valence-electron chi connectivity index (χ3n) is 5.15. The zero-order valence-corrected chi connectivity index (χ0v) is 19.2. The average molecular weight is 485 g/mol. The summed E-state index contributed by atoms with van der Waals surface area (Å²) in [5.41, 5.74) is 1.16. The number of carbonyl (C=O) groups excluding carboxylic acids is 2. The number of carbonyl (C=O) groups is 2.